The highest BCUT2D eigenvalue weighted by atomic mass is 31.2. The third kappa shape index (κ3) is 4.91. The lowest BCUT2D eigenvalue weighted by Gasteiger charge is -2.06. The second kappa shape index (κ2) is 5.23. The maximum Gasteiger partial charge on any atom is 0.334 e. The molecule has 0 unspecified atom stereocenters. The number of carbonyl (C=O) groups excluding carboxylic acids is 2. The summed E-state index contributed by atoms with van der Waals surface area (Å²) in [5.74, 6) is -0.869. The van der Waals surface area contributed by atoms with Gasteiger partial charge in [0.15, 0.2) is 5.78 Å². The zero-order valence-corrected chi connectivity index (χ0v) is 9.98. The molecule has 0 aliphatic carbocycles. The number of benzene rings is 1. The Hall–Kier alpha value is -1.49. The Bertz CT molecular complexity index is 476. The molecule has 0 atom stereocenters. The van der Waals surface area contributed by atoms with Crippen molar-refractivity contribution < 1.29 is 23.9 Å². The molecule has 0 aliphatic rings. The highest BCUT2D eigenvalue weighted by Crippen LogP contribution is 2.33. The topological polar surface area (TPSA) is 104 Å². The van der Waals surface area contributed by atoms with Gasteiger partial charge in [-0.15, -0.1) is 0 Å². The molecule has 1 aromatic carbocycles. The van der Waals surface area contributed by atoms with E-state index < -0.39 is 19.7 Å². The largest absolute Gasteiger partial charge is 0.334 e. The fraction of sp³-hybridized carbons (Fsp3) is 0.200. The highest BCUT2D eigenvalue weighted by molar-refractivity contribution is 7.52. The first-order valence-electron chi connectivity index (χ1n) is 4.73. The van der Waals surface area contributed by atoms with E-state index in [-0.39, 0.29) is 5.78 Å². The number of carbonyl (C=O) groups is 2. The van der Waals surface area contributed by atoms with Crippen molar-refractivity contribution in [3.8, 4) is 0 Å². The van der Waals surface area contributed by atoms with E-state index in [2.05, 4.69) is 5.32 Å². The van der Waals surface area contributed by atoms with E-state index in [0.717, 1.165) is 0 Å². The van der Waals surface area contributed by atoms with Crippen molar-refractivity contribution in [1.82, 2.24) is 0 Å². The van der Waals surface area contributed by atoms with Crippen molar-refractivity contribution in [3.63, 3.8) is 0 Å². The van der Waals surface area contributed by atoms with E-state index in [1.54, 1.807) is 0 Å². The van der Waals surface area contributed by atoms with E-state index in [0.29, 0.717) is 11.3 Å². The fourth-order valence-electron chi connectivity index (χ4n) is 1.18. The maximum absolute atomic E-state index is 11.2. The minimum atomic E-state index is -4.35. The minimum Gasteiger partial charge on any atom is -0.326 e. The number of hydrogen-bond donors (Lipinski definition) is 3. The van der Waals surface area contributed by atoms with Gasteiger partial charge in [0.2, 0.25) is 5.91 Å². The van der Waals surface area contributed by atoms with Crippen LogP contribution in [-0.2, 0) is 9.36 Å². The van der Waals surface area contributed by atoms with E-state index in [4.69, 9.17) is 9.79 Å². The minimum absolute atomic E-state index is 0.0990. The smallest absolute Gasteiger partial charge is 0.326 e. The van der Waals surface area contributed by atoms with Crippen LogP contribution in [0, 0.1) is 0 Å². The van der Waals surface area contributed by atoms with Crippen molar-refractivity contribution in [1.29, 1.82) is 0 Å². The van der Waals surface area contributed by atoms with Gasteiger partial charge in [-0.05, 0) is 31.2 Å². The number of ketones is 1. The molecular weight excluding hydrogens is 245 g/mol. The van der Waals surface area contributed by atoms with Gasteiger partial charge in [0.05, 0.1) is 0 Å². The Labute approximate surface area is 97.8 Å². The van der Waals surface area contributed by atoms with Crippen LogP contribution in [0.3, 0.4) is 0 Å². The van der Waals surface area contributed by atoms with Gasteiger partial charge in [0, 0.05) is 11.3 Å². The van der Waals surface area contributed by atoms with Gasteiger partial charge in [-0.2, -0.15) is 0 Å². The molecule has 7 heteroatoms. The monoisotopic (exact) mass is 257 g/mol. The zero-order valence-electron chi connectivity index (χ0n) is 9.08. The van der Waals surface area contributed by atoms with Gasteiger partial charge in [-0.1, -0.05) is 0 Å². The van der Waals surface area contributed by atoms with Crippen LogP contribution >= 0.6 is 7.60 Å². The summed E-state index contributed by atoms with van der Waals surface area (Å²) in [6, 6.07) is 6.04. The lowest BCUT2D eigenvalue weighted by molar-refractivity contribution is -0.114. The van der Waals surface area contributed by atoms with Gasteiger partial charge in [-0.3, -0.25) is 14.2 Å². The number of hydrogen-bond acceptors (Lipinski definition) is 3. The Morgan fingerprint density at radius 2 is 1.76 bits per heavy atom. The number of anilines is 1. The van der Waals surface area contributed by atoms with Crippen LogP contribution < -0.4 is 5.32 Å². The molecule has 6 nitrogen and oxygen atoms in total. The van der Waals surface area contributed by atoms with Crippen molar-refractivity contribution in [2.45, 2.75) is 6.92 Å². The number of nitrogens with one attached hydrogen (secondary N) is 1. The number of rotatable bonds is 4. The second-order valence-corrected chi connectivity index (χ2v) is 5.15. The summed E-state index contributed by atoms with van der Waals surface area (Å²) in [7, 11) is -4.35. The first-order chi connectivity index (χ1) is 7.78. The molecule has 0 aromatic heterocycles. The van der Waals surface area contributed by atoms with Gasteiger partial charge in [0.1, 0.15) is 6.16 Å². The third-order valence-corrected chi connectivity index (χ3v) is 2.62. The average Bonchev–Trinajstić information content (AvgIpc) is 2.15. The normalized spacial score (nSPS) is 11.0. The molecule has 0 spiro atoms. The van der Waals surface area contributed by atoms with Crippen molar-refractivity contribution >= 4 is 25.0 Å². The molecule has 0 radical (unpaired) electrons. The van der Waals surface area contributed by atoms with Crippen molar-refractivity contribution in [3.05, 3.63) is 29.8 Å². The molecule has 3 N–H and O–H groups in total. The Balaban J connectivity index is 2.67. The molecular formula is C10H12NO5P. The third-order valence-electron chi connectivity index (χ3n) is 1.92. The van der Waals surface area contributed by atoms with E-state index in [1.165, 1.54) is 31.2 Å². The predicted octanol–water partition coefficient (Wildman–Crippen LogP) is 1.01. The predicted molar refractivity (Wildman–Crippen MR) is 62.0 cm³/mol. The first-order valence-corrected chi connectivity index (χ1v) is 6.53. The summed E-state index contributed by atoms with van der Waals surface area (Å²) < 4.78 is 10.6. The first kappa shape index (κ1) is 13.6. The molecule has 1 rings (SSSR count). The van der Waals surface area contributed by atoms with Crippen LogP contribution in [0.15, 0.2) is 24.3 Å². The van der Waals surface area contributed by atoms with Gasteiger partial charge < -0.3 is 15.1 Å². The molecule has 17 heavy (non-hydrogen) atoms. The average molecular weight is 257 g/mol. The molecule has 0 saturated carbocycles. The Morgan fingerprint density at radius 3 is 2.18 bits per heavy atom. The summed E-state index contributed by atoms with van der Waals surface area (Å²) >= 11 is 0. The quantitative estimate of drug-likeness (QED) is 0.551. The molecule has 0 fully saturated rings. The molecule has 0 heterocycles. The van der Waals surface area contributed by atoms with Crippen LogP contribution in [0.25, 0.3) is 0 Å². The van der Waals surface area contributed by atoms with Crippen molar-refractivity contribution in [2.24, 2.45) is 0 Å². The van der Waals surface area contributed by atoms with Crippen molar-refractivity contribution in [2.75, 3.05) is 11.5 Å². The summed E-state index contributed by atoms with van der Waals surface area (Å²) in [6.45, 7) is 1.42. The van der Waals surface area contributed by atoms with Crippen LogP contribution in [0.5, 0.6) is 0 Å². The fourth-order valence-corrected chi connectivity index (χ4v) is 1.63. The SMILES string of the molecule is CC(=O)c1ccc(NC(=O)CP(=O)(O)O)cc1. The standard InChI is InChI=1S/C10H12NO5P/c1-7(12)8-2-4-9(5-3-8)11-10(13)6-17(14,15)16/h2-5H,6H2,1H3,(H,11,13)(H2,14,15,16). The number of Topliss-reactive ketones (excluding diaryl/α,β-unsaturated/α-hetero) is 1. The van der Waals surface area contributed by atoms with Gasteiger partial charge >= 0.3 is 7.60 Å². The summed E-state index contributed by atoms with van der Waals surface area (Å²) in [5.41, 5.74) is 0.881. The van der Waals surface area contributed by atoms with Crippen LogP contribution in [-0.4, -0.2) is 27.6 Å². The highest BCUT2D eigenvalue weighted by Gasteiger charge is 2.18. The molecule has 92 valence electrons. The van der Waals surface area contributed by atoms with E-state index >= 15 is 0 Å². The molecule has 1 amide bonds. The maximum atomic E-state index is 11.2. The lowest BCUT2D eigenvalue weighted by atomic mass is 10.1. The van der Waals surface area contributed by atoms with Gasteiger partial charge in [-0.25, -0.2) is 0 Å². The Kier molecular flexibility index (Phi) is 4.17. The lowest BCUT2D eigenvalue weighted by Crippen LogP contribution is -2.16. The molecule has 0 aliphatic heterocycles. The van der Waals surface area contributed by atoms with Crippen LogP contribution in [0.4, 0.5) is 5.69 Å². The molecule has 0 bridgehead atoms. The second-order valence-electron chi connectivity index (χ2n) is 3.50. The van der Waals surface area contributed by atoms with E-state index in [1.807, 2.05) is 0 Å². The van der Waals surface area contributed by atoms with Crippen LogP contribution in [0.2, 0.25) is 0 Å². The van der Waals surface area contributed by atoms with Crippen LogP contribution in [0.1, 0.15) is 17.3 Å². The molecule has 0 saturated heterocycles. The molecule has 1 aromatic rings. The Morgan fingerprint density at radius 1 is 1.24 bits per heavy atom. The van der Waals surface area contributed by atoms with Gasteiger partial charge in [0.25, 0.3) is 0 Å². The summed E-state index contributed by atoms with van der Waals surface area (Å²) in [6.07, 6.45) is -0.860. The summed E-state index contributed by atoms with van der Waals surface area (Å²) in [5, 5.41) is 2.32. The van der Waals surface area contributed by atoms with E-state index in [9.17, 15) is 14.2 Å². The summed E-state index contributed by atoms with van der Waals surface area (Å²) in [4.78, 5) is 39.3. The zero-order chi connectivity index (χ0) is 13.1. The number of amides is 1.